The van der Waals surface area contributed by atoms with E-state index in [4.69, 9.17) is 19.2 Å². The molecule has 0 aliphatic carbocycles. The van der Waals surface area contributed by atoms with Crippen LogP contribution in [-0.2, 0) is 17.3 Å². The van der Waals surface area contributed by atoms with Crippen LogP contribution in [-0.4, -0.2) is 40.9 Å². The van der Waals surface area contributed by atoms with Gasteiger partial charge in [0.2, 0.25) is 0 Å². The maximum absolute atomic E-state index is 11.5. The summed E-state index contributed by atoms with van der Waals surface area (Å²) in [6, 6.07) is 3.20. The first-order valence-electron chi connectivity index (χ1n) is 7.79. The number of carboxylic acid groups (broad SMARTS) is 2. The van der Waals surface area contributed by atoms with E-state index in [-0.39, 0.29) is 11.1 Å². The highest BCUT2D eigenvalue weighted by molar-refractivity contribution is 6.22. The van der Waals surface area contributed by atoms with Crippen LogP contribution in [0, 0.1) is 0 Å². The van der Waals surface area contributed by atoms with Crippen molar-refractivity contribution in [1.29, 1.82) is 0 Å². The lowest BCUT2D eigenvalue weighted by atomic mass is 9.90. The maximum Gasteiger partial charge on any atom is 0.761 e. The van der Waals surface area contributed by atoms with Gasteiger partial charge in [-0.05, 0) is 42.9 Å². The van der Waals surface area contributed by atoms with Gasteiger partial charge in [-0.1, -0.05) is 32.8 Å². The molecule has 7 nitrogen and oxygen atoms in total. The van der Waals surface area contributed by atoms with E-state index in [0.717, 1.165) is 37.7 Å². The van der Waals surface area contributed by atoms with Crippen LogP contribution in [0.25, 0.3) is 0 Å². The van der Waals surface area contributed by atoms with Crippen LogP contribution < -0.4 is 0 Å². The third-order valence-corrected chi connectivity index (χ3v) is 3.43. The van der Waals surface area contributed by atoms with Crippen LogP contribution >= 0.6 is 0 Å². The molecule has 1 rings (SSSR count). The van der Waals surface area contributed by atoms with Crippen molar-refractivity contribution in [3.05, 3.63) is 34.4 Å². The summed E-state index contributed by atoms with van der Waals surface area (Å²) in [7, 11) is -3.13. The fourth-order valence-electron chi connectivity index (χ4n) is 2.35. The van der Waals surface area contributed by atoms with Crippen LogP contribution in [0.2, 0.25) is 0 Å². The Morgan fingerprint density at radius 2 is 1.46 bits per heavy atom. The van der Waals surface area contributed by atoms with Gasteiger partial charge in [0, 0.05) is 0 Å². The van der Waals surface area contributed by atoms with Crippen molar-refractivity contribution in [3.63, 3.8) is 0 Å². The van der Waals surface area contributed by atoms with Crippen LogP contribution in [0.5, 0.6) is 0 Å². The van der Waals surface area contributed by atoms with E-state index in [2.05, 4.69) is 6.92 Å². The number of hydrogen-bond acceptors (Lipinski definition) is 3. The van der Waals surface area contributed by atoms with Gasteiger partial charge in [-0.3, -0.25) is 4.46 Å². The minimum Gasteiger partial charge on any atom is -0.511 e. The topological polar surface area (TPSA) is 132 Å². The minimum atomic E-state index is -3.13. The second-order valence-corrected chi connectivity index (χ2v) is 5.79. The Kier molecular flexibility index (Phi) is 10.3. The summed E-state index contributed by atoms with van der Waals surface area (Å²) in [5.41, 5.74) is 1.54. The smallest absolute Gasteiger partial charge is 0.511 e. The standard InChI is InChI=1S/C16H22O4.H2O3Si/c1-3-5-7-11-9-10-13(15(17)18)14(16(19)20)12(11)8-6-4-2;1-4(2)3/h9-10H,3-8H2,1-2H3,(H,17,18)(H,19,20);1-2H. The van der Waals surface area contributed by atoms with Crippen molar-refractivity contribution in [1.82, 2.24) is 0 Å². The predicted octanol–water partition coefficient (Wildman–Crippen LogP) is 2.15. The molecule has 0 unspecified atom stereocenters. The van der Waals surface area contributed by atoms with Crippen molar-refractivity contribution >= 4 is 21.1 Å². The van der Waals surface area contributed by atoms with Gasteiger partial charge in [0.1, 0.15) is 0 Å². The van der Waals surface area contributed by atoms with Gasteiger partial charge >= 0.3 is 21.1 Å². The molecule has 0 atom stereocenters. The maximum atomic E-state index is 11.5. The highest BCUT2D eigenvalue weighted by Crippen LogP contribution is 2.24. The zero-order chi connectivity index (χ0) is 18.7. The molecule has 0 saturated heterocycles. The Bertz CT molecular complexity index is 580. The van der Waals surface area contributed by atoms with Gasteiger partial charge in [-0.15, -0.1) is 0 Å². The Morgan fingerprint density at radius 1 is 0.958 bits per heavy atom. The number of hydrogen-bond donors (Lipinski definition) is 4. The molecule has 4 N–H and O–H groups in total. The summed E-state index contributed by atoms with van der Waals surface area (Å²) in [4.78, 5) is 37.0. The first kappa shape index (κ1) is 21.8. The molecular formula is C16H24O7Si. The van der Waals surface area contributed by atoms with Gasteiger partial charge in [-0.2, -0.15) is 0 Å². The Hall–Kier alpha value is -2.22. The molecule has 0 bridgehead atoms. The molecule has 0 aromatic heterocycles. The Morgan fingerprint density at radius 3 is 1.88 bits per heavy atom. The third-order valence-electron chi connectivity index (χ3n) is 3.43. The van der Waals surface area contributed by atoms with E-state index in [1.165, 1.54) is 6.07 Å². The second kappa shape index (κ2) is 11.3. The molecule has 0 fully saturated rings. The van der Waals surface area contributed by atoms with E-state index in [9.17, 15) is 14.7 Å². The van der Waals surface area contributed by atoms with E-state index in [1.807, 2.05) is 6.92 Å². The minimum absolute atomic E-state index is 0.0282. The largest absolute Gasteiger partial charge is 0.761 e. The highest BCUT2D eigenvalue weighted by Gasteiger charge is 2.22. The Balaban J connectivity index is 0.00000118. The SMILES string of the molecule is CCCCc1ccc(C(=O)O)c(C(=O)O)c1CCCC.O=[Si](O)O. The first-order chi connectivity index (χ1) is 11.3. The van der Waals surface area contributed by atoms with Crippen molar-refractivity contribution < 1.29 is 33.9 Å². The van der Waals surface area contributed by atoms with Crippen molar-refractivity contribution in [2.75, 3.05) is 0 Å². The molecule has 8 heteroatoms. The summed E-state index contributed by atoms with van der Waals surface area (Å²) in [5.74, 6) is -2.32. The van der Waals surface area contributed by atoms with E-state index in [1.54, 1.807) is 6.07 Å². The number of unbranched alkanes of at least 4 members (excludes halogenated alkanes) is 2. The fourth-order valence-corrected chi connectivity index (χ4v) is 2.35. The molecule has 1 aromatic rings. The molecule has 1 aromatic carbocycles. The highest BCUT2D eigenvalue weighted by atomic mass is 28.3. The van der Waals surface area contributed by atoms with Gasteiger partial charge in [-0.25, -0.2) is 9.59 Å². The molecular weight excluding hydrogens is 332 g/mol. The lowest BCUT2D eigenvalue weighted by Gasteiger charge is -2.14. The number of aryl methyl sites for hydroxylation is 1. The summed E-state index contributed by atoms with van der Waals surface area (Å²) >= 11 is 0. The van der Waals surface area contributed by atoms with Crippen LogP contribution in [0.3, 0.4) is 0 Å². The van der Waals surface area contributed by atoms with Crippen molar-refractivity contribution in [3.8, 4) is 0 Å². The zero-order valence-corrected chi connectivity index (χ0v) is 14.9. The molecule has 0 aliphatic rings. The normalized spacial score (nSPS) is 9.75. The number of carboxylic acids is 2. The summed E-state index contributed by atoms with van der Waals surface area (Å²) in [5, 5.41) is 18.5. The van der Waals surface area contributed by atoms with Gasteiger partial charge in [0.05, 0.1) is 11.1 Å². The quantitative estimate of drug-likeness (QED) is 0.525. The zero-order valence-electron chi connectivity index (χ0n) is 13.9. The fraction of sp³-hybridized carbons (Fsp3) is 0.500. The first-order valence-corrected chi connectivity index (χ1v) is 9.09. The number of carbonyl (C=O) groups is 2. The average molecular weight is 356 g/mol. The summed E-state index contributed by atoms with van der Waals surface area (Å²) in [6.07, 6.45) is 5.24. The van der Waals surface area contributed by atoms with Crippen LogP contribution in [0.15, 0.2) is 12.1 Å². The number of aromatic carboxylic acids is 2. The molecule has 0 radical (unpaired) electrons. The van der Waals surface area contributed by atoms with Crippen molar-refractivity contribution in [2.45, 2.75) is 52.4 Å². The average Bonchev–Trinajstić information content (AvgIpc) is 2.49. The van der Waals surface area contributed by atoms with E-state index >= 15 is 0 Å². The molecule has 24 heavy (non-hydrogen) atoms. The van der Waals surface area contributed by atoms with Gasteiger partial charge in [0.15, 0.2) is 0 Å². The lowest BCUT2D eigenvalue weighted by Crippen LogP contribution is -2.14. The van der Waals surface area contributed by atoms with Crippen LogP contribution in [0.4, 0.5) is 0 Å². The monoisotopic (exact) mass is 356 g/mol. The van der Waals surface area contributed by atoms with E-state index in [0.29, 0.717) is 12.0 Å². The van der Waals surface area contributed by atoms with Crippen molar-refractivity contribution in [2.24, 2.45) is 0 Å². The number of benzene rings is 1. The molecule has 0 spiro atoms. The summed E-state index contributed by atoms with van der Waals surface area (Å²) < 4.78 is 8.74. The Labute approximate surface area is 142 Å². The molecule has 0 amide bonds. The predicted molar refractivity (Wildman–Crippen MR) is 88.5 cm³/mol. The molecule has 0 saturated carbocycles. The summed E-state index contributed by atoms with van der Waals surface area (Å²) in [6.45, 7) is 4.11. The van der Waals surface area contributed by atoms with Gasteiger partial charge < -0.3 is 19.8 Å². The number of rotatable bonds is 8. The molecule has 0 aliphatic heterocycles. The van der Waals surface area contributed by atoms with E-state index < -0.39 is 21.1 Å². The second-order valence-electron chi connectivity index (χ2n) is 5.23. The lowest BCUT2D eigenvalue weighted by molar-refractivity contribution is 0.0650. The van der Waals surface area contributed by atoms with Crippen LogP contribution in [0.1, 0.15) is 71.4 Å². The third kappa shape index (κ3) is 7.36. The molecule has 0 heterocycles. The molecule has 134 valence electrons. The van der Waals surface area contributed by atoms with Gasteiger partial charge in [0.25, 0.3) is 0 Å².